The topological polar surface area (TPSA) is 86.8 Å². The number of phenolic OH excluding ortho intramolecular Hbond substituents is 1. The highest BCUT2D eigenvalue weighted by Gasteiger charge is 2.31. The fourth-order valence-corrected chi connectivity index (χ4v) is 2.94. The fourth-order valence-electron chi connectivity index (χ4n) is 2.94. The number of hydrogen-bond acceptors (Lipinski definition) is 4. The third kappa shape index (κ3) is 4.19. The molecular formula is C16H24N2O3. The van der Waals surface area contributed by atoms with Gasteiger partial charge in [0.05, 0.1) is 6.04 Å². The van der Waals surface area contributed by atoms with Gasteiger partial charge in [-0.3, -0.25) is 4.79 Å². The van der Waals surface area contributed by atoms with Crippen LogP contribution in [-0.4, -0.2) is 46.3 Å². The predicted octanol–water partition coefficient (Wildman–Crippen LogP) is 1.03. The number of phenols is 1. The zero-order valence-electron chi connectivity index (χ0n) is 12.2. The maximum absolute atomic E-state index is 12.5. The lowest BCUT2D eigenvalue weighted by Gasteiger charge is -2.27. The van der Waals surface area contributed by atoms with E-state index in [9.17, 15) is 9.90 Å². The van der Waals surface area contributed by atoms with Gasteiger partial charge < -0.3 is 20.8 Å². The minimum absolute atomic E-state index is 0.0106. The second kappa shape index (κ2) is 7.43. The number of benzene rings is 1. The van der Waals surface area contributed by atoms with Crippen LogP contribution in [0.2, 0.25) is 0 Å². The summed E-state index contributed by atoms with van der Waals surface area (Å²) in [6.45, 7) is 0.927. The van der Waals surface area contributed by atoms with Gasteiger partial charge in [-0.15, -0.1) is 0 Å². The molecule has 1 fully saturated rings. The van der Waals surface area contributed by atoms with E-state index >= 15 is 0 Å². The molecule has 4 N–H and O–H groups in total. The lowest BCUT2D eigenvalue weighted by Crippen LogP contribution is -2.47. The first-order valence-electron chi connectivity index (χ1n) is 7.56. The van der Waals surface area contributed by atoms with Crippen molar-refractivity contribution in [3.05, 3.63) is 29.8 Å². The molecule has 1 aromatic carbocycles. The molecule has 1 aliphatic heterocycles. The van der Waals surface area contributed by atoms with Gasteiger partial charge in [-0.25, -0.2) is 0 Å². The number of carbonyl (C=O) groups is 1. The molecular weight excluding hydrogens is 268 g/mol. The summed E-state index contributed by atoms with van der Waals surface area (Å²) in [4.78, 5) is 14.4. The summed E-state index contributed by atoms with van der Waals surface area (Å²) in [7, 11) is 0. The highest BCUT2D eigenvalue weighted by Crippen LogP contribution is 2.22. The predicted molar refractivity (Wildman–Crippen MR) is 80.8 cm³/mol. The lowest BCUT2D eigenvalue weighted by molar-refractivity contribution is -0.133. The molecule has 5 nitrogen and oxygen atoms in total. The molecule has 116 valence electrons. The first kappa shape index (κ1) is 15.8. The van der Waals surface area contributed by atoms with Gasteiger partial charge in [0.25, 0.3) is 0 Å². The van der Waals surface area contributed by atoms with Crippen LogP contribution in [0, 0.1) is 0 Å². The van der Waals surface area contributed by atoms with Crippen molar-refractivity contribution in [1.29, 1.82) is 0 Å². The van der Waals surface area contributed by atoms with Crippen LogP contribution in [-0.2, 0) is 11.2 Å². The van der Waals surface area contributed by atoms with Crippen molar-refractivity contribution in [2.45, 2.75) is 44.2 Å². The quantitative estimate of drug-likeness (QED) is 0.731. The molecule has 2 unspecified atom stereocenters. The molecule has 2 rings (SSSR count). The summed E-state index contributed by atoms with van der Waals surface area (Å²) < 4.78 is 0. The summed E-state index contributed by atoms with van der Waals surface area (Å²) in [6.07, 6.45) is 4.05. The van der Waals surface area contributed by atoms with Gasteiger partial charge >= 0.3 is 0 Å². The maximum Gasteiger partial charge on any atom is 0.240 e. The van der Waals surface area contributed by atoms with Crippen LogP contribution in [0.25, 0.3) is 0 Å². The molecule has 1 amide bonds. The molecule has 0 spiro atoms. The molecule has 1 heterocycles. The van der Waals surface area contributed by atoms with E-state index in [-0.39, 0.29) is 24.3 Å². The first-order valence-corrected chi connectivity index (χ1v) is 7.56. The van der Waals surface area contributed by atoms with Gasteiger partial charge in [-0.2, -0.15) is 0 Å². The highest BCUT2D eigenvalue weighted by atomic mass is 16.3. The van der Waals surface area contributed by atoms with E-state index < -0.39 is 6.04 Å². The van der Waals surface area contributed by atoms with E-state index in [2.05, 4.69) is 0 Å². The Morgan fingerprint density at radius 3 is 2.76 bits per heavy atom. The van der Waals surface area contributed by atoms with Crippen molar-refractivity contribution >= 4 is 5.91 Å². The van der Waals surface area contributed by atoms with Crippen LogP contribution in [0.4, 0.5) is 0 Å². The van der Waals surface area contributed by atoms with E-state index in [1.165, 1.54) is 0 Å². The normalized spacial score (nSPS) is 19.7. The number of aliphatic hydroxyl groups is 1. The molecule has 2 atom stereocenters. The monoisotopic (exact) mass is 292 g/mol. The maximum atomic E-state index is 12.5. The van der Waals surface area contributed by atoms with Crippen molar-refractivity contribution < 1.29 is 15.0 Å². The number of amides is 1. The number of aliphatic hydroxyl groups excluding tert-OH is 1. The third-order valence-electron chi connectivity index (χ3n) is 4.06. The summed E-state index contributed by atoms with van der Waals surface area (Å²) >= 11 is 0. The summed E-state index contributed by atoms with van der Waals surface area (Å²) in [5.74, 6) is 0.200. The number of carbonyl (C=O) groups excluding carboxylic acids is 1. The Morgan fingerprint density at radius 1 is 1.38 bits per heavy atom. The minimum Gasteiger partial charge on any atom is -0.508 e. The van der Waals surface area contributed by atoms with Crippen molar-refractivity contribution in [1.82, 2.24) is 4.90 Å². The smallest absolute Gasteiger partial charge is 0.240 e. The molecule has 0 bridgehead atoms. The minimum atomic E-state index is -0.552. The molecule has 5 heteroatoms. The zero-order chi connectivity index (χ0) is 15.2. The average Bonchev–Trinajstić information content (AvgIpc) is 2.95. The van der Waals surface area contributed by atoms with Crippen molar-refractivity contribution in [3.8, 4) is 5.75 Å². The number of nitrogens with two attached hydrogens (primary N) is 1. The second-order valence-corrected chi connectivity index (χ2v) is 5.67. The molecule has 0 radical (unpaired) electrons. The van der Waals surface area contributed by atoms with Crippen molar-refractivity contribution in [3.63, 3.8) is 0 Å². The Hall–Kier alpha value is -1.59. The lowest BCUT2D eigenvalue weighted by atomic mass is 10.0. The van der Waals surface area contributed by atoms with Gasteiger partial charge in [0.2, 0.25) is 5.91 Å². The van der Waals surface area contributed by atoms with Crippen molar-refractivity contribution in [2.75, 3.05) is 13.2 Å². The Labute approximate surface area is 125 Å². The van der Waals surface area contributed by atoms with Crippen molar-refractivity contribution in [2.24, 2.45) is 5.73 Å². The van der Waals surface area contributed by atoms with E-state index in [0.29, 0.717) is 6.42 Å². The number of aromatic hydroxyl groups is 1. The summed E-state index contributed by atoms with van der Waals surface area (Å²) in [6, 6.07) is 6.45. The highest BCUT2D eigenvalue weighted by molar-refractivity contribution is 5.82. The second-order valence-electron chi connectivity index (χ2n) is 5.67. The van der Waals surface area contributed by atoms with Gasteiger partial charge in [-0.05, 0) is 49.8 Å². The van der Waals surface area contributed by atoms with Gasteiger partial charge in [0.15, 0.2) is 0 Å². The van der Waals surface area contributed by atoms with Crippen LogP contribution in [0.3, 0.4) is 0 Å². The Balaban J connectivity index is 1.93. The van der Waals surface area contributed by atoms with E-state index in [4.69, 9.17) is 10.8 Å². The van der Waals surface area contributed by atoms with Gasteiger partial charge in [-0.1, -0.05) is 12.1 Å². The molecule has 1 aromatic rings. The SMILES string of the molecule is NC(Cc1ccc(O)cc1)C(=O)N1CCCC1CCCO. The molecule has 1 aliphatic rings. The van der Waals surface area contributed by atoms with Crippen LogP contribution >= 0.6 is 0 Å². The standard InChI is InChI=1S/C16H24N2O3/c17-15(11-12-5-7-14(20)8-6-12)16(21)18-9-1-3-13(18)4-2-10-19/h5-8,13,15,19-20H,1-4,9-11,17H2. The number of likely N-dealkylation sites (tertiary alicyclic amines) is 1. The fraction of sp³-hybridized carbons (Fsp3) is 0.562. The Bertz CT molecular complexity index is 461. The van der Waals surface area contributed by atoms with E-state index in [0.717, 1.165) is 37.8 Å². The largest absolute Gasteiger partial charge is 0.508 e. The molecule has 0 aliphatic carbocycles. The van der Waals surface area contributed by atoms with Crippen LogP contribution < -0.4 is 5.73 Å². The number of hydrogen-bond donors (Lipinski definition) is 3. The molecule has 0 aromatic heterocycles. The molecule has 0 saturated carbocycles. The third-order valence-corrected chi connectivity index (χ3v) is 4.06. The van der Waals surface area contributed by atoms with Crippen LogP contribution in [0.1, 0.15) is 31.2 Å². The first-order chi connectivity index (χ1) is 10.1. The zero-order valence-corrected chi connectivity index (χ0v) is 12.2. The Morgan fingerprint density at radius 2 is 2.10 bits per heavy atom. The number of rotatable bonds is 6. The van der Waals surface area contributed by atoms with Crippen LogP contribution in [0.5, 0.6) is 5.75 Å². The number of nitrogens with zero attached hydrogens (tertiary/aromatic N) is 1. The van der Waals surface area contributed by atoms with E-state index in [1.807, 2.05) is 4.90 Å². The molecule has 21 heavy (non-hydrogen) atoms. The van der Waals surface area contributed by atoms with Gasteiger partial charge in [0.1, 0.15) is 5.75 Å². The average molecular weight is 292 g/mol. The van der Waals surface area contributed by atoms with Crippen LogP contribution in [0.15, 0.2) is 24.3 Å². The summed E-state index contributed by atoms with van der Waals surface area (Å²) in [5.41, 5.74) is 7.00. The Kier molecular flexibility index (Phi) is 5.59. The summed E-state index contributed by atoms with van der Waals surface area (Å²) in [5, 5.41) is 18.2. The molecule has 1 saturated heterocycles. The van der Waals surface area contributed by atoms with Gasteiger partial charge in [0, 0.05) is 19.2 Å². The van der Waals surface area contributed by atoms with E-state index in [1.54, 1.807) is 24.3 Å².